The predicted molar refractivity (Wildman–Crippen MR) is 68.9 cm³/mol. The summed E-state index contributed by atoms with van der Waals surface area (Å²) in [7, 11) is 2.21. The van der Waals surface area contributed by atoms with Gasteiger partial charge in [0.15, 0.2) is 0 Å². The molecule has 16 heavy (non-hydrogen) atoms. The zero-order valence-electron chi connectivity index (χ0n) is 9.98. The van der Waals surface area contributed by atoms with E-state index in [4.69, 9.17) is 0 Å². The van der Waals surface area contributed by atoms with Crippen molar-refractivity contribution in [2.75, 3.05) is 33.2 Å². The van der Waals surface area contributed by atoms with Gasteiger partial charge in [0.25, 0.3) is 0 Å². The first-order chi connectivity index (χ1) is 7.84. The van der Waals surface area contributed by atoms with Crippen LogP contribution in [0.25, 0.3) is 0 Å². The first kappa shape index (κ1) is 12.0. The lowest BCUT2D eigenvalue weighted by molar-refractivity contribution is 0.216. The van der Waals surface area contributed by atoms with Crippen molar-refractivity contribution in [3.05, 3.63) is 16.6 Å². The van der Waals surface area contributed by atoms with Crippen LogP contribution in [0.5, 0.6) is 0 Å². The quantitative estimate of drug-likeness (QED) is 0.791. The van der Waals surface area contributed by atoms with Crippen LogP contribution in [0, 0.1) is 5.92 Å². The SMILES string of the molecule is CN1CCC(CNCCc2cscn2)CC1. The van der Waals surface area contributed by atoms with Gasteiger partial charge in [-0.05, 0) is 45.4 Å². The van der Waals surface area contributed by atoms with Gasteiger partial charge >= 0.3 is 0 Å². The van der Waals surface area contributed by atoms with Gasteiger partial charge in [0, 0.05) is 18.3 Å². The second-order valence-electron chi connectivity index (χ2n) is 4.68. The molecule has 0 aliphatic carbocycles. The van der Waals surface area contributed by atoms with Crippen molar-refractivity contribution in [3.8, 4) is 0 Å². The number of likely N-dealkylation sites (tertiary alicyclic amines) is 1. The number of hydrogen-bond donors (Lipinski definition) is 1. The van der Waals surface area contributed by atoms with Crippen LogP contribution >= 0.6 is 11.3 Å². The summed E-state index contributed by atoms with van der Waals surface area (Å²) >= 11 is 1.68. The summed E-state index contributed by atoms with van der Waals surface area (Å²) < 4.78 is 0. The summed E-state index contributed by atoms with van der Waals surface area (Å²) in [6, 6.07) is 0. The molecule has 0 unspecified atom stereocenters. The third-order valence-corrected chi connectivity index (χ3v) is 3.95. The fourth-order valence-electron chi connectivity index (χ4n) is 2.15. The topological polar surface area (TPSA) is 28.2 Å². The second-order valence-corrected chi connectivity index (χ2v) is 5.40. The molecular weight excluding hydrogens is 218 g/mol. The normalized spacial score (nSPS) is 19.1. The van der Waals surface area contributed by atoms with E-state index in [-0.39, 0.29) is 0 Å². The number of rotatable bonds is 5. The van der Waals surface area contributed by atoms with Gasteiger partial charge in [0.1, 0.15) is 0 Å². The Balaban J connectivity index is 1.55. The molecule has 0 saturated carbocycles. The van der Waals surface area contributed by atoms with Crippen molar-refractivity contribution < 1.29 is 0 Å². The minimum Gasteiger partial charge on any atom is -0.316 e. The van der Waals surface area contributed by atoms with E-state index in [1.54, 1.807) is 11.3 Å². The van der Waals surface area contributed by atoms with Gasteiger partial charge in [-0.15, -0.1) is 11.3 Å². The van der Waals surface area contributed by atoms with E-state index in [2.05, 4.69) is 27.6 Å². The Labute approximate surface area is 102 Å². The van der Waals surface area contributed by atoms with Gasteiger partial charge < -0.3 is 10.2 Å². The predicted octanol–water partition coefficient (Wildman–Crippen LogP) is 1.62. The molecule has 4 heteroatoms. The van der Waals surface area contributed by atoms with Gasteiger partial charge in [0.2, 0.25) is 0 Å². The molecule has 2 rings (SSSR count). The van der Waals surface area contributed by atoms with E-state index in [1.165, 1.54) is 38.2 Å². The molecule has 3 nitrogen and oxygen atoms in total. The van der Waals surface area contributed by atoms with Crippen LogP contribution in [0.4, 0.5) is 0 Å². The van der Waals surface area contributed by atoms with Crippen molar-refractivity contribution in [2.45, 2.75) is 19.3 Å². The molecule has 2 heterocycles. The molecular formula is C12H21N3S. The van der Waals surface area contributed by atoms with Crippen molar-refractivity contribution in [1.82, 2.24) is 15.2 Å². The Morgan fingerprint density at radius 2 is 2.31 bits per heavy atom. The Kier molecular flexibility index (Phi) is 4.75. The number of thiazole rings is 1. The number of hydrogen-bond acceptors (Lipinski definition) is 4. The molecule has 1 aliphatic heterocycles. The van der Waals surface area contributed by atoms with Crippen molar-refractivity contribution in [1.29, 1.82) is 0 Å². The maximum Gasteiger partial charge on any atom is 0.0794 e. The fraction of sp³-hybridized carbons (Fsp3) is 0.750. The summed E-state index contributed by atoms with van der Waals surface area (Å²) in [6.45, 7) is 4.77. The van der Waals surface area contributed by atoms with Crippen LogP contribution < -0.4 is 5.32 Å². The third-order valence-electron chi connectivity index (χ3n) is 3.31. The molecule has 0 aromatic carbocycles. The maximum atomic E-state index is 4.28. The molecule has 0 atom stereocenters. The standard InChI is InChI=1S/C12H21N3S/c1-15-6-3-11(4-7-15)8-13-5-2-12-9-16-10-14-12/h9-11,13H,2-8H2,1H3. The molecule has 0 radical (unpaired) electrons. The molecule has 1 aromatic heterocycles. The highest BCUT2D eigenvalue weighted by molar-refractivity contribution is 7.07. The number of aromatic nitrogens is 1. The lowest BCUT2D eigenvalue weighted by atomic mass is 9.97. The molecule has 0 spiro atoms. The van der Waals surface area contributed by atoms with E-state index >= 15 is 0 Å². The third kappa shape index (κ3) is 3.85. The van der Waals surface area contributed by atoms with Crippen molar-refractivity contribution in [3.63, 3.8) is 0 Å². The Bertz CT molecular complexity index is 278. The zero-order valence-corrected chi connectivity index (χ0v) is 10.8. The first-order valence-corrected chi connectivity index (χ1v) is 7.05. The van der Waals surface area contributed by atoms with E-state index in [9.17, 15) is 0 Å². The van der Waals surface area contributed by atoms with Gasteiger partial charge in [0.05, 0.1) is 11.2 Å². The molecule has 1 aliphatic rings. The van der Waals surface area contributed by atoms with E-state index in [1.807, 2.05) is 5.51 Å². The van der Waals surface area contributed by atoms with Crippen LogP contribution in [0.1, 0.15) is 18.5 Å². The molecule has 1 aromatic rings. The minimum atomic E-state index is 0.881. The summed E-state index contributed by atoms with van der Waals surface area (Å²) in [5.74, 6) is 0.881. The molecule has 90 valence electrons. The molecule has 0 amide bonds. The highest BCUT2D eigenvalue weighted by Gasteiger charge is 2.15. The van der Waals surface area contributed by atoms with Crippen LogP contribution in [0.2, 0.25) is 0 Å². The van der Waals surface area contributed by atoms with Gasteiger partial charge in [-0.3, -0.25) is 0 Å². The van der Waals surface area contributed by atoms with Gasteiger partial charge in [-0.1, -0.05) is 0 Å². The smallest absolute Gasteiger partial charge is 0.0794 e. The zero-order chi connectivity index (χ0) is 11.2. The van der Waals surface area contributed by atoms with Crippen molar-refractivity contribution >= 4 is 11.3 Å². The van der Waals surface area contributed by atoms with Crippen molar-refractivity contribution in [2.24, 2.45) is 5.92 Å². The molecule has 1 N–H and O–H groups in total. The molecule has 1 saturated heterocycles. The highest BCUT2D eigenvalue weighted by Crippen LogP contribution is 2.14. The summed E-state index contributed by atoms with van der Waals surface area (Å²) in [5.41, 5.74) is 3.13. The summed E-state index contributed by atoms with van der Waals surface area (Å²) in [4.78, 5) is 6.70. The second kappa shape index (κ2) is 6.33. The van der Waals surface area contributed by atoms with E-state index in [0.717, 1.165) is 18.9 Å². The van der Waals surface area contributed by atoms with Gasteiger partial charge in [-0.2, -0.15) is 0 Å². The van der Waals surface area contributed by atoms with E-state index in [0.29, 0.717) is 0 Å². The number of nitrogens with zero attached hydrogens (tertiary/aromatic N) is 2. The Morgan fingerprint density at radius 1 is 1.50 bits per heavy atom. The van der Waals surface area contributed by atoms with Crippen LogP contribution in [0.15, 0.2) is 10.9 Å². The average molecular weight is 239 g/mol. The Morgan fingerprint density at radius 3 is 3.00 bits per heavy atom. The largest absolute Gasteiger partial charge is 0.316 e. The summed E-state index contributed by atoms with van der Waals surface area (Å²) in [6.07, 6.45) is 3.76. The molecule has 0 bridgehead atoms. The lowest BCUT2D eigenvalue weighted by Crippen LogP contribution is -2.35. The highest BCUT2D eigenvalue weighted by atomic mass is 32.1. The Hall–Kier alpha value is -0.450. The minimum absolute atomic E-state index is 0.881. The van der Waals surface area contributed by atoms with E-state index < -0.39 is 0 Å². The maximum absolute atomic E-state index is 4.28. The monoisotopic (exact) mass is 239 g/mol. The number of nitrogens with one attached hydrogen (secondary N) is 1. The number of piperidine rings is 1. The molecule has 1 fully saturated rings. The summed E-state index contributed by atoms with van der Waals surface area (Å²) in [5, 5.41) is 5.69. The van der Waals surface area contributed by atoms with Gasteiger partial charge in [-0.25, -0.2) is 4.98 Å². The van der Waals surface area contributed by atoms with Crippen LogP contribution in [-0.2, 0) is 6.42 Å². The average Bonchev–Trinajstić information content (AvgIpc) is 2.80. The first-order valence-electron chi connectivity index (χ1n) is 6.11. The lowest BCUT2D eigenvalue weighted by Gasteiger charge is -2.29. The van der Waals surface area contributed by atoms with Crippen LogP contribution in [-0.4, -0.2) is 43.1 Å². The van der Waals surface area contributed by atoms with Crippen LogP contribution in [0.3, 0.4) is 0 Å². The fourth-order valence-corrected chi connectivity index (χ4v) is 2.74.